The number of aryl methyl sites for hydroxylation is 1. The van der Waals surface area contributed by atoms with Crippen molar-refractivity contribution in [2.75, 3.05) is 17.7 Å². The molecule has 1 aliphatic heterocycles. The molecule has 3 N–H and O–H groups in total. The van der Waals surface area contributed by atoms with E-state index in [1.807, 2.05) is 25.3 Å². The average molecular weight is 525 g/mol. The third kappa shape index (κ3) is 5.05. The number of urea groups is 1. The van der Waals surface area contributed by atoms with Gasteiger partial charge < -0.3 is 20.7 Å². The van der Waals surface area contributed by atoms with E-state index in [2.05, 4.69) is 25.4 Å². The van der Waals surface area contributed by atoms with Crippen LogP contribution in [0.3, 0.4) is 0 Å². The number of amides is 2. The fraction of sp³-hybridized carbons (Fsp3) is 0.208. The molecule has 10 nitrogen and oxygen atoms in total. The molecule has 0 saturated heterocycles. The van der Waals surface area contributed by atoms with Gasteiger partial charge in [-0.25, -0.2) is 14.8 Å². The molecule has 2 amide bonds. The summed E-state index contributed by atoms with van der Waals surface area (Å²) in [6.07, 6.45) is 5.16. The van der Waals surface area contributed by atoms with Crippen molar-refractivity contribution in [3.63, 3.8) is 0 Å². The molecular weight excluding hydrogens is 503 g/mol. The number of carbonyl (C=O) groups is 1. The van der Waals surface area contributed by atoms with Crippen molar-refractivity contribution in [1.29, 1.82) is 0 Å². The van der Waals surface area contributed by atoms with Gasteiger partial charge in [0.2, 0.25) is 5.95 Å². The van der Waals surface area contributed by atoms with Gasteiger partial charge in [0.05, 0.1) is 53.5 Å². The van der Waals surface area contributed by atoms with E-state index >= 15 is 0 Å². The molecule has 0 radical (unpaired) electrons. The zero-order chi connectivity index (χ0) is 25.2. The van der Waals surface area contributed by atoms with E-state index in [-0.39, 0.29) is 25.1 Å². The largest absolute Gasteiger partial charge is 0.491 e. The lowest BCUT2D eigenvalue weighted by atomic mass is 10.0. The van der Waals surface area contributed by atoms with Crippen LogP contribution in [-0.2, 0) is 19.6 Å². The Bertz CT molecular complexity index is 1410. The lowest BCUT2D eigenvalue weighted by molar-refractivity contribution is 0.212. The molecule has 36 heavy (non-hydrogen) atoms. The van der Waals surface area contributed by atoms with Crippen LogP contribution in [0.4, 0.5) is 16.4 Å². The van der Waals surface area contributed by atoms with Crippen molar-refractivity contribution >= 4 is 40.9 Å². The van der Waals surface area contributed by atoms with Crippen LogP contribution in [0.2, 0.25) is 10.0 Å². The summed E-state index contributed by atoms with van der Waals surface area (Å²) >= 11 is 12.9. The highest BCUT2D eigenvalue weighted by Gasteiger charge is 2.30. The van der Waals surface area contributed by atoms with Gasteiger partial charge in [0.1, 0.15) is 12.4 Å². The van der Waals surface area contributed by atoms with Crippen molar-refractivity contribution in [3.05, 3.63) is 75.9 Å². The first-order chi connectivity index (χ1) is 17.4. The summed E-state index contributed by atoms with van der Waals surface area (Å²) in [6.45, 7) is 3.27. The molecule has 4 heterocycles. The number of nitrogen functional groups attached to an aromatic ring is 1. The quantitative estimate of drug-likeness (QED) is 0.378. The van der Waals surface area contributed by atoms with Gasteiger partial charge in [0.15, 0.2) is 0 Å². The van der Waals surface area contributed by atoms with Crippen LogP contribution < -0.4 is 15.8 Å². The van der Waals surface area contributed by atoms with Gasteiger partial charge in [-0.3, -0.25) is 9.67 Å². The lowest BCUT2D eigenvalue weighted by Gasteiger charge is -2.17. The molecule has 5 rings (SSSR count). The topological polar surface area (TPSA) is 124 Å². The van der Waals surface area contributed by atoms with E-state index in [0.717, 1.165) is 11.3 Å². The number of nitrogens with one attached hydrogen (secondary N) is 1. The summed E-state index contributed by atoms with van der Waals surface area (Å²) in [7, 11) is 0. The minimum Gasteiger partial charge on any atom is -0.491 e. The van der Waals surface area contributed by atoms with Crippen LogP contribution in [-0.4, -0.2) is 42.3 Å². The number of pyridine rings is 1. The SMILES string of the molecule is Cc1ccc(NC(=O)N2Cc3nc(N)nc(-c4c(Cl)cc(Cl)cc4OCCn4cccn4)c3C2)cn1. The minimum atomic E-state index is -0.291. The van der Waals surface area contributed by atoms with Gasteiger partial charge in [-0.1, -0.05) is 23.2 Å². The van der Waals surface area contributed by atoms with Crippen LogP contribution in [0.5, 0.6) is 5.75 Å². The predicted molar refractivity (Wildman–Crippen MR) is 137 cm³/mol. The number of nitrogens with zero attached hydrogens (tertiary/aromatic N) is 6. The zero-order valence-corrected chi connectivity index (χ0v) is 20.8. The highest BCUT2D eigenvalue weighted by molar-refractivity contribution is 6.37. The predicted octanol–water partition coefficient (Wildman–Crippen LogP) is 4.56. The van der Waals surface area contributed by atoms with Gasteiger partial charge >= 0.3 is 6.03 Å². The number of ether oxygens (including phenoxy) is 1. The number of benzene rings is 1. The number of aromatic nitrogens is 5. The third-order valence-electron chi connectivity index (χ3n) is 5.64. The van der Waals surface area contributed by atoms with Crippen molar-refractivity contribution in [3.8, 4) is 17.0 Å². The average Bonchev–Trinajstić information content (AvgIpc) is 3.50. The standard InChI is InChI=1S/C24H22Cl2N8O2/c1-14-3-4-16(11-28-14)30-24(35)33-12-17-19(13-33)31-23(27)32-22(17)21-18(26)9-15(25)10-20(21)36-8-7-34-6-2-5-29-34/h2-6,9-11H,7-8,12-13H2,1H3,(H,30,35)(H2,27,31,32). The number of nitrogens with two attached hydrogens (primary N) is 1. The fourth-order valence-corrected chi connectivity index (χ4v) is 4.51. The van der Waals surface area contributed by atoms with Gasteiger partial charge in [0, 0.05) is 28.7 Å². The second kappa shape index (κ2) is 10.00. The summed E-state index contributed by atoms with van der Waals surface area (Å²) in [5, 5.41) is 7.81. The Morgan fingerprint density at radius 3 is 2.83 bits per heavy atom. The number of hydrogen-bond acceptors (Lipinski definition) is 7. The van der Waals surface area contributed by atoms with Crippen molar-refractivity contribution in [2.45, 2.75) is 26.6 Å². The number of anilines is 2. The molecule has 0 aliphatic carbocycles. The molecule has 0 fully saturated rings. The number of fused-ring (bicyclic) bond motifs is 1. The summed E-state index contributed by atoms with van der Waals surface area (Å²) < 4.78 is 7.81. The Balaban J connectivity index is 1.43. The summed E-state index contributed by atoms with van der Waals surface area (Å²) in [5.74, 6) is 0.524. The van der Waals surface area contributed by atoms with E-state index in [4.69, 9.17) is 33.7 Å². The molecule has 184 valence electrons. The van der Waals surface area contributed by atoms with E-state index in [0.29, 0.717) is 51.6 Å². The first-order valence-electron chi connectivity index (χ1n) is 11.1. The molecule has 12 heteroatoms. The molecular formula is C24H22Cl2N8O2. The molecule has 0 spiro atoms. The Morgan fingerprint density at radius 2 is 2.08 bits per heavy atom. The van der Waals surface area contributed by atoms with Gasteiger partial charge in [0.25, 0.3) is 0 Å². The van der Waals surface area contributed by atoms with Gasteiger partial charge in [-0.05, 0) is 37.3 Å². The first kappa shape index (κ1) is 23.8. The highest BCUT2D eigenvalue weighted by atomic mass is 35.5. The van der Waals surface area contributed by atoms with Gasteiger partial charge in [-0.15, -0.1) is 0 Å². The number of carbonyl (C=O) groups excluding carboxylic acids is 1. The maximum absolute atomic E-state index is 13.0. The van der Waals surface area contributed by atoms with E-state index in [1.54, 1.807) is 40.2 Å². The third-order valence-corrected chi connectivity index (χ3v) is 6.16. The molecule has 0 unspecified atom stereocenters. The summed E-state index contributed by atoms with van der Waals surface area (Å²) in [5.41, 5.74) is 9.93. The molecule has 4 aromatic rings. The van der Waals surface area contributed by atoms with Crippen molar-refractivity contribution in [2.24, 2.45) is 0 Å². The van der Waals surface area contributed by atoms with E-state index in [1.165, 1.54) is 0 Å². The maximum atomic E-state index is 13.0. The van der Waals surface area contributed by atoms with Crippen LogP contribution in [0, 0.1) is 6.92 Å². The lowest BCUT2D eigenvalue weighted by Crippen LogP contribution is -2.30. The Kier molecular flexibility index (Phi) is 6.62. The van der Waals surface area contributed by atoms with Crippen molar-refractivity contribution in [1.82, 2.24) is 29.6 Å². The highest BCUT2D eigenvalue weighted by Crippen LogP contribution is 2.42. The van der Waals surface area contributed by atoms with Crippen molar-refractivity contribution < 1.29 is 9.53 Å². The minimum absolute atomic E-state index is 0.0715. The van der Waals surface area contributed by atoms with Crippen LogP contribution >= 0.6 is 23.2 Å². The number of hydrogen-bond donors (Lipinski definition) is 2. The maximum Gasteiger partial charge on any atom is 0.322 e. The smallest absolute Gasteiger partial charge is 0.322 e. The van der Waals surface area contributed by atoms with Gasteiger partial charge in [-0.2, -0.15) is 5.10 Å². The van der Waals surface area contributed by atoms with Crippen LogP contribution in [0.25, 0.3) is 11.3 Å². The summed E-state index contributed by atoms with van der Waals surface area (Å²) in [6, 6.07) is 8.47. The number of rotatable bonds is 6. The molecule has 1 aromatic carbocycles. The van der Waals surface area contributed by atoms with Crippen LogP contribution in [0.1, 0.15) is 17.0 Å². The molecule has 1 aliphatic rings. The zero-order valence-electron chi connectivity index (χ0n) is 19.3. The molecule has 0 saturated carbocycles. The van der Waals surface area contributed by atoms with E-state index in [9.17, 15) is 4.79 Å². The molecule has 0 atom stereocenters. The molecule has 0 bridgehead atoms. The first-order valence-corrected chi connectivity index (χ1v) is 11.9. The normalized spacial score (nSPS) is 12.5. The van der Waals surface area contributed by atoms with E-state index < -0.39 is 0 Å². The van der Waals surface area contributed by atoms with Crippen LogP contribution in [0.15, 0.2) is 48.9 Å². The Hall–Kier alpha value is -3.89. The summed E-state index contributed by atoms with van der Waals surface area (Å²) in [4.78, 5) is 27.7. The monoisotopic (exact) mass is 524 g/mol. The second-order valence-electron chi connectivity index (χ2n) is 8.21. The Labute approximate surface area is 217 Å². The fourth-order valence-electron chi connectivity index (χ4n) is 3.94. The molecule has 3 aromatic heterocycles. The number of halogens is 2. The Morgan fingerprint density at radius 1 is 1.22 bits per heavy atom. The second-order valence-corrected chi connectivity index (χ2v) is 9.05.